The Hall–Kier alpha value is -2.50. The molecule has 6 heteroatoms. The lowest BCUT2D eigenvalue weighted by molar-refractivity contribution is -0.384. The number of hydrogen-bond acceptors (Lipinski definition) is 3. The number of nitro benzene ring substituents is 1. The van der Waals surface area contributed by atoms with Crippen LogP contribution in [0.25, 0.3) is 0 Å². The molecule has 0 saturated heterocycles. The Balaban J connectivity index is 2.26. The predicted octanol–water partition coefficient (Wildman–Crippen LogP) is 3.79. The Morgan fingerprint density at radius 3 is 2.40 bits per heavy atom. The SMILES string of the molecule is Cc1ccc(CNc2c([N+](=O)[O-])ccc(F)c2F)cc1. The summed E-state index contributed by atoms with van der Waals surface area (Å²) in [5.41, 5.74) is 0.955. The molecule has 0 aromatic heterocycles. The normalized spacial score (nSPS) is 10.3. The molecule has 0 fully saturated rings. The van der Waals surface area contributed by atoms with Crippen LogP contribution in [0.4, 0.5) is 20.2 Å². The topological polar surface area (TPSA) is 55.2 Å². The fourth-order valence-corrected chi connectivity index (χ4v) is 1.76. The lowest BCUT2D eigenvalue weighted by Gasteiger charge is -2.09. The molecule has 0 unspecified atom stereocenters. The van der Waals surface area contributed by atoms with E-state index in [2.05, 4.69) is 5.32 Å². The summed E-state index contributed by atoms with van der Waals surface area (Å²) in [6.45, 7) is 2.09. The third kappa shape index (κ3) is 2.90. The Labute approximate surface area is 114 Å². The largest absolute Gasteiger partial charge is 0.373 e. The molecule has 1 N–H and O–H groups in total. The molecule has 0 atom stereocenters. The van der Waals surface area contributed by atoms with Crippen molar-refractivity contribution in [1.82, 2.24) is 0 Å². The highest BCUT2D eigenvalue weighted by molar-refractivity contribution is 5.62. The van der Waals surface area contributed by atoms with E-state index in [-0.39, 0.29) is 6.54 Å². The minimum atomic E-state index is -1.24. The van der Waals surface area contributed by atoms with Crippen molar-refractivity contribution < 1.29 is 13.7 Å². The number of benzene rings is 2. The van der Waals surface area contributed by atoms with E-state index in [9.17, 15) is 18.9 Å². The molecule has 2 aromatic carbocycles. The molecule has 0 aliphatic carbocycles. The highest BCUT2D eigenvalue weighted by Crippen LogP contribution is 2.29. The molecule has 4 nitrogen and oxygen atoms in total. The van der Waals surface area contributed by atoms with E-state index in [0.717, 1.165) is 23.3 Å². The molecule has 20 heavy (non-hydrogen) atoms. The van der Waals surface area contributed by atoms with Crippen molar-refractivity contribution in [2.45, 2.75) is 13.5 Å². The smallest absolute Gasteiger partial charge is 0.295 e. The van der Waals surface area contributed by atoms with E-state index in [1.54, 1.807) is 0 Å². The van der Waals surface area contributed by atoms with E-state index in [4.69, 9.17) is 0 Å². The van der Waals surface area contributed by atoms with Gasteiger partial charge in [0.05, 0.1) is 4.92 Å². The lowest BCUT2D eigenvalue weighted by Crippen LogP contribution is -2.06. The fraction of sp³-hybridized carbons (Fsp3) is 0.143. The Morgan fingerprint density at radius 2 is 1.80 bits per heavy atom. The molecular weight excluding hydrogens is 266 g/mol. The van der Waals surface area contributed by atoms with Crippen LogP contribution < -0.4 is 5.32 Å². The minimum Gasteiger partial charge on any atom is -0.373 e. The molecule has 0 saturated carbocycles. The van der Waals surface area contributed by atoms with E-state index in [0.29, 0.717) is 0 Å². The fourth-order valence-electron chi connectivity index (χ4n) is 1.76. The summed E-state index contributed by atoms with van der Waals surface area (Å²) in [4.78, 5) is 10.1. The molecule has 2 aromatic rings. The van der Waals surface area contributed by atoms with Gasteiger partial charge < -0.3 is 5.32 Å². The zero-order valence-corrected chi connectivity index (χ0v) is 10.7. The third-order valence-corrected chi connectivity index (χ3v) is 2.86. The van der Waals surface area contributed by atoms with Crippen molar-refractivity contribution in [3.63, 3.8) is 0 Å². The van der Waals surface area contributed by atoms with Crippen LogP contribution in [-0.2, 0) is 6.54 Å². The number of halogens is 2. The van der Waals surface area contributed by atoms with Gasteiger partial charge >= 0.3 is 0 Å². The molecule has 104 valence electrons. The van der Waals surface area contributed by atoms with Gasteiger partial charge in [-0.2, -0.15) is 0 Å². The molecule has 0 radical (unpaired) electrons. The summed E-state index contributed by atoms with van der Waals surface area (Å²) in [6.07, 6.45) is 0. The van der Waals surface area contributed by atoms with Crippen molar-refractivity contribution in [2.24, 2.45) is 0 Å². The van der Waals surface area contributed by atoms with Crippen LogP contribution in [0.15, 0.2) is 36.4 Å². The van der Waals surface area contributed by atoms with E-state index in [1.807, 2.05) is 31.2 Å². The summed E-state index contributed by atoms with van der Waals surface area (Å²) in [5.74, 6) is -2.37. The monoisotopic (exact) mass is 278 g/mol. The van der Waals surface area contributed by atoms with Crippen molar-refractivity contribution in [2.75, 3.05) is 5.32 Å². The van der Waals surface area contributed by atoms with Gasteiger partial charge in [-0.3, -0.25) is 10.1 Å². The second-order valence-corrected chi connectivity index (χ2v) is 4.35. The average Bonchev–Trinajstić information content (AvgIpc) is 2.42. The number of aryl methyl sites for hydroxylation is 1. The van der Waals surface area contributed by atoms with Crippen molar-refractivity contribution >= 4 is 11.4 Å². The number of nitrogens with one attached hydrogen (secondary N) is 1. The van der Waals surface area contributed by atoms with Crippen LogP contribution in [0.1, 0.15) is 11.1 Å². The molecule has 0 amide bonds. The molecule has 0 heterocycles. The van der Waals surface area contributed by atoms with Crippen LogP contribution >= 0.6 is 0 Å². The maximum Gasteiger partial charge on any atom is 0.295 e. The number of nitro groups is 1. The quantitative estimate of drug-likeness (QED) is 0.683. The maximum atomic E-state index is 13.6. The first kappa shape index (κ1) is 13.9. The Kier molecular flexibility index (Phi) is 3.93. The summed E-state index contributed by atoms with van der Waals surface area (Å²) in [7, 11) is 0. The first-order valence-electron chi connectivity index (χ1n) is 5.91. The van der Waals surface area contributed by atoms with Gasteiger partial charge in [-0.1, -0.05) is 29.8 Å². The molecule has 0 bridgehead atoms. The summed E-state index contributed by atoms with van der Waals surface area (Å²) in [5, 5.41) is 13.4. The Morgan fingerprint density at radius 1 is 1.15 bits per heavy atom. The highest BCUT2D eigenvalue weighted by atomic mass is 19.2. The standard InChI is InChI=1S/C14H12F2N2O2/c1-9-2-4-10(5-3-9)8-17-14-12(18(19)20)7-6-11(15)13(14)16/h2-7,17H,8H2,1H3. The van der Waals surface area contributed by atoms with E-state index in [1.165, 1.54) is 0 Å². The lowest BCUT2D eigenvalue weighted by atomic mass is 10.1. The second-order valence-electron chi connectivity index (χ2n) is 4.35. The zero-order valence-electron chi connectivity index (χ0n) is 10.7. The second kappa shape index (κ2) is 5.64. The molecule has 0 aliphatic heterocycles. The van der Waals surface area contributed by atoms with Gasteiger partial charge in [0.25, 0.3) is 5.69 Å². The Bertz CT molecular complexity index is 642. The van der Waals surface area contributed by atoms with Crippen molar-refractivity contribution in [3.8, 4) is 0 Å². The summed E-state index contributed by atoms with van der Waals surface area (Å²) >= 11 is 0. The molecule has 2 rings (SSSR count). The molecule has 0 spiro atoms. The number of nitrogens with zero attached hydrogens (tertiary/aromatic N) is 1. The van der Waals surface area contributed by atoms with E-state index >= 15 is 0 Å². The van der Waals surface area contributed by atoms with Crippen LogP contribution in [0.5, 0.6) is 0 Å². The highest BCUT2D eigenvalue weighted by Gasteiger charge is 2.21. The van der Waals surface area contributed by atoms with Gasteiger partial charge in [0.2, 0.25) is 0 Å². The third-order valence-electron chi connectivity index (χ3n) is 2.86. The van der Waals surface area contributed by atoms with Crippen LogP contribution in [0.3, 0.4) is 0 Å². The minimum absolute atomic E-state index is 0.168. The van der Waals surface area contributed by atoms with Gasteiger partial charge in [-0.25, -0.2) is 8.78 Å². The molecular formula is C14H12F2N2O2. The van der Waals surface area contributed by atoms with Gasteiger partial charge in [0.1, 0.15) is 0 Å². The number of rotatable bonds is 4. The van der Waals surface area contributed by atoms with Crippen LogP contribution in [0, 0.1) is 28.7 Å². The van der Waals surface area contributed by atoms with Crippen LogP contribution in [0.2, 0.25) is 0 Å². The number of anilines is 1. The van der Waals surface area contributed by atoms with Gasteiger partial charge in [0, 0.05) is 12.6 Å². The maximum absolute atomic E-state index is 13.6. The van der Waals surface area contributed by atoms with Gasteiger partial charge in [-0.05, 0) is 18.6 Å². The zero-order chi connectivity index (χ0) is 14.7. The predicted molar refractivity (Wildman–Crippen MR) is 71.5 cm³/mol. The van der Waals surface area contributed by atoms with Crippen LogP contribution in [-0.4, -0.2) is 4.92 Å². The van der Waals surface area contributed by atoms with E-state index < -0.39 is 27.9 Å². The molecule has 0 aliphatic rings. The summed E-state index contributed by atoms with van der Waals surface area (Å²) in [6, 6.07) is 9.04. The number of hydrogen-bond donors (Lipinski definition) is 1. The van der Waals surface area contributed by atoms with Crippen molar-refractivity contribution in [3.05, 3.63) is 69.3 Å². The first-order chi connectivity index (χ1) is 9.49. The van der Waals surface area contributed by atoms with Gasteiger partial charge in [0.15, 0.2) is 17.3 Å². The first-order valence-corrected chi connectivity index (χ1v) is 5.91. The average molecular weight is 278 g/mol. The summed E-state index contributed by atoms with van der Waals surface area (Å²) < 4.78 is 26.8. The van der Waals surface area contributed by atoms with Gasteiger partial charge in [-0.15, -0.1) is 0 Å². The van der Waals surface area contributed by atoms with Crippen molar-refractivity contribution in [1.29, 1.82) is 0 Å².